The molecule has 1 N–H and O–H groups in total. The summed E-state index contributed by atoms with van der Waals surface area (Å²) in [6.45, 7) is 0.0238. The van der Waals surface area contributed by atoms with E-state index in [9.17, 15) is 14.7 Å². The smallest absolute Gasteiger partial charge is 0.296 e. The topological polar surface area (TPSA) is 98.4 Å². The number of amides is 1. The SMILES string of the molecule is COc1cc(C2/C(=C(\O)c3ccc(Br)cc3)C(=O)C(=O)N2Cc2ccco2)cc(OC)c1OC. The van der Waals surface area contributed by atoms with Crippen LogP contribution in [-0.4, -0.2) is 43.0 Å². The van der Waals surface area contributed by atoms with Crippen molar-refractivity contribution >= 4 is 33.4 Å². The highest BCUT2D eigenvalue weighted by molar-refractivity contribution is 9.10. The summed E-state index contributed by atoms with van der Waals surface area (Å²) in [5.41, 5.74) is 0.851. The summed E-state index contributed by atoms with van der Waals surface area (Å²) in [5.74, 6) is -0.285. The average molecular weight is 528 g/mol. The highest BCUT2D eigenvalue weighted by Gasteiger charge is 2.47. The highest BCUT2D eigenvalue weighted by Crippen LogP contribution is 2.46. The number of carbonyl (C=O) groups is 2. The molecule has 0 bridgehead atoms. The molecule has 0 aliphatic carbocycles. The van der Waals surface area contributed by atoms with E-state index >= 15 is 0 Å². The standard InChI is InChI=1S/C25H22BrNO7/c1-31-18-11-15(12-19(32-2)24(18)33-3)21-20(22(28)14-6-8-16(26)9-7-14)23(29)25(30)27(21)13-17-5-4-10-34-17/h4-12,21,28H,13H2,1-3H3/b22-20+. The van der Waals surface area contributed by atoms with Gasteiger partial charge in [-0.1, -0.05) is 28.1 Å². The van der Waals surface area contributed by atoms with Crippen molar-refractivity contribution in [3.8, 4) is 17.2 Å². The number of methoxy groups -OCH3 is 3. The Balaban J connectivity index is 1.94. The fraction of sp³-hybridized carbons (Fsp3) is 0.200. The highest BCUT2D eigenvalue weighted by atomic mass is 79.9. The largest absolute Gasteiger partial charge is 0.507 e. The van der Waals surface area contributed by atoms with Crippen molar-refractivity contribution in [1.29, 1.82) is 0 Å². The molecular formula is C25H22BrNO7. The van der Waals surface area contributed by atoms with Gasteiger partial charge in [0.05, 0.1) is 45.8 Å². The summed E-state index contributed by atoms with van der Waals surface area (Å²) in [6.07, 6.45) is 1.49. The summed E-state index contributed by atoms with van der Waals surface area (Å²) in [7, 11) is 4.43. The number of furan rings is 1. The molecule has 0 spiro atoms. The third kappa shape index (κ3) is 4.14. The molecule has 34 heavy (non-hydrogen) atoms. The molecule has 1 amide bonds. The minimum atomic E-state index is -0.928. The van der Waals surface area contributed by atoms with E-state index in [4.69, 9.17) is 18.6 Å². The van der Waals surface area contributed by atoms with Gasteiger partial charge in [0.15, 0.2) is 11.5 Å². The summed E-state index contributed by atoms with van der Waals surface area (Å²) in [4.78, 5) is 27.7. The molecule has 1 aliphatic rings. The summed E-state index contributed by atoms with van der Waals surface area (Å²) in [6, 6.07) is 12.6. The van der Waals surface area contributed by atoms with Crippen LogP contribution in [0, 0.1) is 0 Å². The molecule has 1 unspecified atom stereocenters. The van der Waals surface area contributed by atoms with E-state index < -0.39 is 17.7 Å². The number of hydrogen-bond donors (Lipinski definition) is 1. The molecule has 0 radical (unpaired) electrons. The van der Waals surface area contributed by atoms with Crippen LogP contribution in [0.4, 0.5) is 0 Å². The maximum absolute atomic E-state index is 13.2. The zero-order valence-corrected chi connectivity index (χ0v) is 20.3. The van der Waals surface area contributed by atoms with E-state index in [1.54, 1.807) is 48.5 Å². The number of benzene rings is 2. The monoisotopic (exact) mass is 527 g/mol. The van der Waals surface area contributed by atoms with Gasteiger partial charge in [-0.25, -0.2) is 0 Å². The predicted molar refractivity (Wildman–Crippen MR) is 127 cm³/mol. The van der Waals surface area contributed by atoms with Gasteiger partial charge in [-0.05, 0) is 42.0 Å². The molecule has 0 saturated carbocycles. The van der Waals surface area contributed by atoms with Gasteiger partial charge in [-0.3, -0.25) is 9.59 Å². The van der Waals surface area contributed by atoms with Gasteiger partial charge in [-0.2, -0.15) is 0 Å². The summed E-state index contributed by atoms with van der Waals surface area (Å²) >= 11 is 3.36. The lowest BCUT2D eigenvalue weighted by molar-refractivity contribution is -0.140. The Labute approximate surface area is 204 Å². The number of likely N-dealkylation sites (tertiary alicyclic amines) is 1. The van der Waals surface area contributed by atoms with E-state index in [0.717, 1.165) is 4.47 Å². The van der Waals surface area contributed by atoms with Crippen LogP contribution in [0.25, 0.3) is 5.76 Å². The number of ether oxygens (including phenoxy) is 3. The number of rotatable bonds is 7. The molecule has 4 rings (SSSR count). The van der Waals surface area contributed by atoms with Crippen LogP contribution in [0.2, 0.25) is 0 Å². The van der Waals surface area contributed by atoms with Gasteiger partial charge < -0.3 is 28.6 Å². The Morgan fingerprint density at radius 2 is 1.68 bits per heavy atom. The first-order valence-electron chi connectivity index (χ1n) is 10.3. The van der Waals surface area contributed by atoms with Crippen molar-refractivity contribution < 1.29 is 33.3 Å². The van der Waals surface area contributed by atoms with Crippen LogP contribution in [0.15, 0.2) is 69.3 Å². The van der Waals surface area contributed by atoms with E-state index in [2.05, 4.69) is 15.9 Å². The molecule has 1 aliphatic heterocycles. The second-order valence-electron chi connectivity index (χ2n) is 7.47. The van der Waals surface area contributed by atoms with Crippen LogP contribution >= 0.6 is 15.9 Å². The molecule has 1 atom stereocenters. The maximum atomic E-state index is 13.2. The number of nitrogens with zero attached hydrogens (tertiary/aromatic N) is 1. The minimum Gasteiger partial charge on any atom is -0.507 e. The van der Waals surface area contributed by atoms with Crippen LogP contribution in [-0.2, 0) is 16.1 Å². The molecule has 3 aromatic rings. The minimum absolute atomic E-state index is 0.0238. The van der Waals surface area contributed by atoms with Crippen molar-refractivity contribution in [1.82, 2.24) is 4.90 Å². The lowest BCUT2D eigenvalue weighted by Crippen LogP contribution is -2.29. The normalized spacial score (nSPS) is 17.2. The number of aliphatic hydroxyl groups is 1. The molecular weight excluding hydrogens is 506 g/mol. The third-order valence-electron chi connectivity index (χ3n) is 5.57. The maximum Gasteiger partial charge on any atom is 0.296 e. The van der Waals surface area contributed by atoms with Crippen LogP contribution in [0.3, 0.4) is 0 Å². The first kappa shape index (κ1) is 23.4. The van der Waals surface area contributed by atoms with Gasteiger partial charge in [-0.15, -0.1) is 0 Å². The van der Waals surface area contributed by atoms with Crippen molar-refractivity contribution in [3.63, 3.8) is 0 Å². The zero-order chi connectivity index (χ0) is 24.4. The second kappa shape index (κ2) is 9.64. The Kier molecular flexibility index (Phi) is 6.65. The Bertz CT molecular complexity index is 1220. The Morgan fingerprint density at radius 3 is 2.21 bits per heavy atom. The van der Waals surface area contributed by atoms with Crippen LogP contribution < -0.4 is 14.2 Å². The number of ketones is 1. The zero-order valence-electron chi connectivity index (χ0n) is 18.7. The Hall–Kier alpha value is -3.72. The number of carbonyl (C=O) groups excluding carboxylic acids is 2. The molecule has 1 fully saturated rings. The van der Waals surface area contributed by atoms with E-state index in [0.29, 0.717) is 34.1 Å². The molecule has 1 saturated heterocycles. The van der Waals surface area contributed by atoms with E-state index in [-0.39, 0.29) is 17.9 Å². The number of hydrogen-bond acceptors (Lipinski definition) is 7. The van der Waals surface area contributed by atoms with Gasteiger partial charge in [0.25, 0.3) is 11.7 Å². The summed E-state index contributed by atoms with van der Waals surface area (Å²) in [5, 5.41) is 11.2. The number of Topliss-reactive ketones (excluding diaryl/α,β-unsaturated/α-hetero) is 1. The van der Waals surface area contributed by atoms with Crippen molar-refractivity contribution in [2.24, 2.45) is 0 Å². The predicted octanol–water partition coefficient (Wildman–Crippen LogP) is 4.69. The first-order chi connectivity index (χ1) is 16.4. The molecule has 9 heteroatoms. The first-order valence-corrected chi connectivity index (χ1v) is 11.1. The number of aliphatic hydroxyl groups excluding tert-OH is 1. The van der Waals surface area contributed by atoms with Gasteiger partial charge in [0.2, 0.25) is 5.75 Å². The molecule has 2 aromatic carbocycles. The number of halogens is 1. The van der Waals surface area contributed by atoms with Crippen molar-refractivity contribution in [2.45, 2.75) is 12.6 Å². The van der Waals surface area contributed by atoms with E-state index in [1.807, 2.05) is 0 Å². The quantitative estimate of drug-likeness (QED) is 0.270. The molecule has 8 nitrogen and oxygen atoms in total. The third-order valence-corrected chi connectivity index (χ3v) is 6.10. The molecule has 1 aromatic heterocycles. The fourth-order valence-electron chi connectivity index (χ4n) is 3.98. The van der Waals surface area contributed by atoms with Gasteiger partial charge >= 0.3 is 0 Å². The van der Waals surface area contributed by atoms with E-state index in [1.165, 1.54) is 32.5 Å². The van der Waals surface area contributed by atoms with Crippen molar-refractivity contribution in [3.05, 3.63) is 81.7 Å². The average Bonchev–Trinajstić information content (AvgIpc) is 3.45. The Morgan fingerprint density at radius 1 is 1.03 bits per heavy atom. The van der Waals surface area contributed by atoms with Crippen LogP contribution in [0.5, 0.6) is 17.2 Å². The fourth-order valence-corrected chi connectivity index (χ4v) is 4.25. The molecule has 2 heterocycles. The second-order valence-corrected chi connectivity index (χ2v) is 8.39. The molecule has 176 valence electrons. The summed E-state index contributed by atoms with van der Waals surface area (Å²) < 4.78 is 22.6. The lowest BCUT2D eigenvalue weighted by atomic mass is 9.94. The van der Waals surface area contributed by atoms with Crippen LogP contribution in [0.1, 0.15) is 22.9 Å². The van der Waals surface area contributed by atoms with Gasteiger partial charge in [0, 0.05) is 10.0 Å². The van der Waals surface area contributed by atoms with Gasteiger partial charge in [0.1, 0.15) is 11.5 Å². The van der Waals surface area contributed by atoms with Crippen molar-refractivity contribution in [2.75, 3.05) is 21.3 Å². The lowest BCUT2D eigenvalue weighted by Gasteiger charge is -2.26.